The maximum absolute atomic E-state index is 4.37. The van der Waals surface area contributed by atoms with Crippen LogP contribution in [0.4, 0.5) is 0 Å². The Balaban J connectivity index is 1.68. The summed E-state index contributed by atoms with van der Waals surface area (Å²) in [5, 5.41) is 12.1. The van der Waals surface area contributed by atoms with Crippen molar-refractivity contribution in [2.75, 3.05) is 6.54 Å². The van der Waals surface area contributed by atoms with Crippen LogP contribution in [-0.4, -0.2) is 21.3 Å². The highest BCUT2D eigenvalue weighted by Gasteiger charge is 2.26. The van der Waals surface area contributed by atoms with Gasteiger partial charge in [0, 0.05) is 25.6 Å². The summed E-state index contributed by atoms with van der Waals surface area (Å²) in [4.78, 5) is 0. The molecular weight excluding hydrogens is 256 g/mol. The molecule has 2 heterocycles. The van der Waals surface area contributed by atoms with Crippen molar-refractivity contribution in [1.29, 1.82) is 0 Å². The van der Waals surface area contributed by atoms with Crippen LogP contribution in [0.2, 0.25) is 0 Å². The van der Waals surface area contributed by atoms with Gasteiger partial charge in [-0.3, -0.25) is 0 Å². The van der Waals surface area contributed by atoms with E-state index < -0.39 is 0 Å². The van der Waals surface area contributed by atoms with Crippen molar-refractivity contribution < 1.29 is 5.32 Å². The Kier molecular flexibility index (Phi) is 3.84. The Morgan fingerprint density at radius 3 is 2.89 bits per heavy atom. The standard InChI is InChI=1S/C14H18N4S/c1-18-13(12-8-5-9-15-12)16-17-14(18)19-10-11-6-3-2-4-7-11/h2-4,6-7,12,15H,5,8-10H2,1H3/p+1/t12-/m1/s1. The van der Waals surface area contributed by atoms with Crippen molar-refractivity contribution in [3.05, 3.63) is 41.7 Å². The fraction of sp³-hybridized carbons (Fsp3) is 0.429. The molecular formula is C14H19N4S+. The molecule has 1 fully saturated rings. The highest BCUT2D eigenvalue weighted by Crippen LogP contribution is 2.23. The van der Waals surface area contributed by atoms with Crippen LogP contribution in [-0.2, 0) is 12.8 Å². The number of aromatic nitrogens is 3. The summed E-state index contributed by atoms with van der Waals surface area (Å²) in [6.07, 6.45) is 2.50. The number of nitrogens with two attached hydrogens (primary N) is 1. The van der Waals surface area contributed by atoms with Gasteiger partial charge in [0.15, 0.2) is 11.0 Å². The molecule has 1 aliphatic rings. The zero-order valence-corrected chi connectivity index (χ0v) is 11.9. The molecule has 0 spiro atoms. The molecule has 4 nitrogen and oxygen atoms in total. The van der Waals surface area contributed by atoms with Gasteiger partial charge in [0.05, 0.1) is 6.54 Å². The molecule has 1 aromatic carbocycles. The number of hydrogen-bond acceptors (Lipinski definition) is 3. The fourth-order valence-electron chi connectivity index (χ4n) is 2.51. The van der Waals surface area contributed by atoms with Crippen molar-refractivity contribution in [1.82, 2.24) is 14.8 Å². The summed E-state index contributed by atoms with van der Waals surface area (Å²) >= 11 is 1.76. The van der Waals surface area contributed by atoms with Gasteiger partial charge in [0.25, 0.3) is 0 Å². The van der Waals surface area contributed by atoms with E-state index in [1.54, 1.807) is 11.8 Å². The molecule has 2 aromatic rings. The van der Waals surface area contributed by atoms with E-state index in [1.165, 1.54) is 24.9 Å². The lowest BCUT2D eigenvalue weighted by molar-refractivity contribution is -0.677. The third kappa shape index (κ3) is 2.82. The van der Waals surface area contributed by atoms with Gasteiger partial charge in [-0.15, -0.1) is 10.2 Å². The second kappa shape index (κ2) is 5.75. The van der Waals surface area contributed by atoms with Gasteiger partial charge in [-0.1, -0.05) is 42.1 Å². The molecule has 5 heteroatoms. The monoisotopic (exact) mass is 275 g/mol. The molecule has 1 aromatic heterocycles. The van der Waals surface area contributed by atoms with E-state index in [0.717, 1.165) is 16.7 Å². The van der Waals surface area contributed by atoms with E-state index in [1.807, 2.05) is 6.07 Å². The van der Waals surface area contributed by atoms with Gasteiger partial charge in [-0.2, -0.15) is 0 Å². The first kappa shape index (κ1) is 12.7. The van der Waals surface area contributed by atoms with Crippen molar-refractivity contribution in [3.63, 3.8) is 0 Å². The molecule has 0 aliphatic carbocycles. The van der Waals surface area contributed by atoms with E-state index in [0.29, 0.717) is 6.04 Å². The van der Waals surface area contributed by atoms with Crippen LogP contribution in [0, 0.1) is 0 Å². The second-order valence-electron chi connectivity index (χ2n) is 4.95. The zero-order valence-electron chi connectivity index (χ0n) is 11.1. The molecule has 3 rings (SSSR count). The van der Waals surface area contributed by atoms with E-state index in [-0.39, 0.29) is 0 Å². The number of hydrogen-bond donors (Lipinski definition) is 1. The van der Waals surface area contributed by atoms with Crippen LogP contribution in [0.1, 0.15) is 30.3 Å². The topological polar surface area (TPSA) is 47.3 Å². The number of nitrogens with zero attached hydrogens (tertiary/aromatic N) is 3. The molecule has 0 amide bonds. The molecule has 0 saturated carbocycles. The summed E-state index contributed by atoms with van der Waals surface area (Å²) in [7, 11) is 2.08. The lowest BCUT2D eigenvalue weighted by Gasteiger charge is -2.07. The molecule has 1 aliphatic heterocycles. The second-order valence-corrected chi connectivity index (χ2v) is 5.89. The molecule has 1 saturated heterocycles. The third-order valence-electron chi connectivity index (χ3n) is 3.58. The van der Waals surface area contributed by atoms with Gasteiger partial charge < -0.3 is 9.88 Å². The number of thioether (sulfide) groups is 1. The fourth-order valence-corrected chi connectivity index (χ4v) is 3.38. The number of quaternary nitrogens is 1. The van der Waals surface area contributed by atoms with Crippen molar-refractivity contribution in [2.24, 2.45) is 7.05 Å². The Labute approximate surface area is 117 Å². The Bertz CT molecular complexity index is 532. The molecule has 100 valence electrons. The SMILES string of the molecule is Cn1c(SCc2ccccc2)nnc1[C@H]1CCC[NH2+]1. The van der Waals surface area contributed by atoms with Crippen molar-refractivity contribution in [3.8, 4) is 0 Å². The predicted molar refractivity (Wildman–Crippen MR) is 75.8 cm³/mol. The highest BCUT2D eigenvalue weighted by molar-refractivity contribution is 7.98. The number of rotatable bonds is 4. The predicted octanol–water partition coefficient (Wildman–Crippen LogP) is 1.51. The maximum atomic E-state index is 4.37. The molecule has 0 bridgehead atoms. The van der Waals surface area contributed by atoms with E-state index in [2.05, 4.69) is 51.4 Å². The average molecular weight is 275 g/mol. The van der Waals surface area contributed by atoms with Gasteiger partial charge in [0.1, 0.15) is 6.04 Å². The Morgan fingerprint density at radius 1 is 1.32 bits per heavy atom. The van der Waals surface area contributed by atoms with Crippen LogP contribution in [0.5, 0.6) is 0 Å². The highest BCUT2D eigenvalue weighted by atomic mass is 32.2. The average Bonchev–Trinajstić information content (AvgIpc) is 3.07. The Morgan fingerprint density at radius 2 is 2.16 bits per heavy atom. The number of benzene rings is 1. The van der Waals surface area contributed by atoms with Crippen LogP contribution < -0.4 is 5.32 Å². The molecule has 2 N–H and O–H groups in total. The van der Waals surface area contributed by atoms with E-state index in [4.69, 9.17) is 0 Å². The Hall–Kier alpha value is -1.33. The quantitative estimate of drug-likeness (QED) is 0.860. The zero-order chi connectivity index (χ0) is 13.1. The summed E-state index contributed by atoms with van der Waals surface area (Å²) in [6, 6.07) is 11.0. The smallest absolute Gasteiger partial charge is 0.191 e. The van der Waals surface area contributed by atoms with Crippen LogP contribution in [0.3, 0.4) is 0 Å². The van der Waals surface area contributed by atoms with Gasteiger partial charge >= 0.3 is 0 Å². The van der Waals surface area contributed by atoms with E-state index >= 15 is 0 Å². The van der Waals surface area contributed by atoms with Gasteiger partial charge in [0.2, 0.25) is 0 Å². The first-order valence-electron chi connectivity index (χ1n) is 6.74. The minimum absolute atomic E-state index is 0.503. The minimum atomic E-state index is 0.503. The van der Waals surface area contributed by atoms with Crippen LogP contribution in [0.25, 0.3) is 0 Å². The summed E-state index contributed by atoms with van der Waals surface area (Å²) < 4.78 is 2.15. The summed E-state index contributed by atoms with van der Waals surface area (Å²) in [5.74, 6) is 2.06. The van der Waals surface area contributed by atoms with Crippen molar-refractivity contribution in [2.45, 2.75) is 29.8 Å². The first-order chi connectivity index (χ1) is 9.34. The molecule has 0 radical (unpaired) electrons. The normalized spacial score (nSPS) is 18.9. The third-order valence-corrected chi connectivity index (χ3v) is 4.67. The largest absolute Gasteiger partial charge is 0.337 e. The maximum Gasteiger partial charge on any atom is 0.191 e. The molecule has 1 atom stereocenters. The summed E-state index contributed by atoms with van der Waals surface area (Å²) in [5.41, 5.74) is 1.32. The molecule has 19 heavy (non-hydrogen) atoms. The van der Waals surface area contributed by atoms with Crippen molar-refractivity contribution >= 4 is 11.8 Å². The lowest BCUT2D eigenvalue weighted by atomic mass is 10.2. The van der Waals surface area contributed by atoms with E-state index in [9.17, 15) is 0 Å². The minimum Gasteiger partial charge on any atom is -0.337 e. The van der Waals surface area contributed by atoms with Gasteiger partial charge in [-0.25, -0.2) is 0 Å². The van der Waals surface area contributed by atoms with Gasteiger partial charge in [-0.05, 0) is 5.56 Å². The lowest BCUT2D eigenvalue weighted by Crippen LogP contribution is -2.82. The summed E-state index contributed by atoms with van der Waals surface area (Å²) in [6.45, 7) is 1.21. The molecule has 0 unspecified atom stereocenters. The first-order valence-corrected chi connectivity index (χ1v) is 7.72. The van der Waals surface area contributed by atoms with Crippen LogP contribution >= 0.6 is 11.8 Å². The van der Waals surface area contributed by atoms with Crippen LogP contribution in [0.15, 0.2) is 35.5 Å².